The molecule has 1 rings (SSSR count). The molecule has 0 heterocycles. The van der Waals surface area contributed by atoms with Crippen molar-refractivity contribution in [2.24, 2.45) is 5.92 Å². The highest BCUT2D eigenvalue weighted by molar-refractivity contribution is 14.1. The van der Waals surface area contributed by atoms with Gasteiger partial charge in [0.15, 0.2) is 0 Å². The lowest BCUT2D eigenvalue weighted by Crippen LogP contribution is -2.16. The molecule has 90 valence electrons. The van der Waals surface area contributed by atoms with E-state index in [9.17, 15) is 0 Å². The highest BCUT2D eigenvalue weighted by Gasteiger charge is 2.14. The van der Waals surface area contributed by atoms with Gasteiger partial charge in [0.05, 0.1) is 12.2 Å². The Morgan fingerprint density at radius 3 is 2.25 bits per heavy atom. The Kier molecular flexibility index (Phi) is 6.36. The van der Waals surface area contributed by atoms with Gasteiger partial charge in [-0.05, 0) is 24.8 Å². The summed E-state index contributed by atoms with van der Waals surface area (Å²) in [5, 5.41) is 0. The average molecular weight is 332 g/mol. The van der Waals surface area contributed by atoms with Crippen molar-refractivity contribution in [2.75, 3.05) is 4.43 Å². The zero-order chi connectivity index (χ0) is 12.0. The van der Waals surface area contributed by atoms with Crippen LogP contribution in [0.3, 0.4) is 0 Å². The van der Waals surface area contributed by atoms with Gasteiger partial charge in [-0.1, -0.05) is 66.8 Å². The summed E-state index contributed by atoms with van der Waals surface area (Å²) in [5.41, 5.74) is 1.28. The third-order valence-electron chi connectivity index (χ3n) is 2.51. The van der Waals surface area contributed by atoms with E-state index in [1.54, 1.807) is 0 Å². The molecule has 0 amide bonds. The highest BCUT2D eigenvalue weighted by atomic mass is 127. The van der Waals surface area contributed by atoms with Gasteiger partial charge in [0.1, 0.15) is 0 Å². The Bertz CT molecular complexity index is 284. The summed E-state index contributed by atoms with van der Waals surface area (Å²) >= 11 is 2.40. The molecule has 1 aromatic carbocycles. The van der Waals surface area contributed by atoms with Crippen molar-refractivity contribution in [3.8, 4) is 0 Å². The van der Waals surface area contributed by atoms with E-state index in [1.165, 1.54) is 5.56 Å². The minimum absolute atomic E-state index is 0.232. The number of rotatable bonds is 6. The lowest BCUT2D eigenvalue weighted by molar-refractivity contribution is 0.000875. The number of alkyl halides is 1. The summed E-state index contributed by atoms with van der Waals surface area (Å²) in [5.74, 6) is 0.695. The molecular weight excluding hydrogens is 311 g/mol. The van der Waals surface area contributed by atoms with Gasteiger partial charge in [0, 0.05) is 4.43 Å². The molecule has 0 bridgehead atoms. The minimum Gasteiger partial charge on any atom is -0.370 e. The lowest BCUT2D eigenvalue weighted by atomic mass is 10.1. The number of hydrogen-bond acceptors (Lipinski definition) is 1. The lowest BCUT2D eigenvalue weighted by Gasteiger charge is -2.22. The van der Waals surface area contributed by atoms with Crippen molar-refractivity contribution >= 4 is 22.6 Å². The quantitative estimate of drug-likeness (QED) is 0.546. The standard InChI is InChI=1S/C14H21IO/c1-11(2)9-12(3)16-14(10-15)13-7-5-4-6-8-13/h4-8,11-12,14H,9-10H2,1-3H3. The third kappa shape index (κ3) is 4.83. The molecule has 0 aliphatic carbocycles. The van der Waals surface area contributed by atoms with Gasteiger partial charge in [-0.25, -0.2) is 0 Å². The van der Waals surface area contributed by atoms with Gasteiger partial charge in [0.2, 0.25) is 0 Å². The normalized spacial score (nSPS) is 15.1. The second-order valence-corrected chi connectivity index (χ2v) is 5.51. The first-order valence-corrected chi connectivity index (χ1v) is 7.42. The van der Waals surface area contributed by atoms with Crippen LogP contribution in [0.1, 0.15) is 38.9 Å². The molecule has 0 N–H and O–H groups in total. The van der Waals surface area contributed by atoms with Crippen LogP contribution in [0.4, 0.5) is 0 Å². The SMILES string of the molecule is CC(C)CC(C)OC(CI)c1ccccc1. The maximum Gasteiger partial charge on any atom is 0.0917 e. The summed E-state index contributed by atoms with van der Waals surface area (Å²) in [6.45, 7) is 6.64. The fraction of sp³-hybridized carbons (Fsp3) is 0.571. The fourth-order valence-electron chi connectivity index (χ4n) is 1.87. The Balaban J connectivity index is 2.56. The summed E-state index contributed by atoms with van der Waals surface area (Å²) in [7, 11) is 0. The van der Waals surface area contributed by atoms with Crippen LogP contribution in [0, 0.1) is 5.92 Å². The molecule has 0 saturated carbocycles. The summed E-state index contributed by atoms with van der Waals surface area (Å²) in [6.07, 6.45) is 1.69. The molecule has 1 aromatic rings. The smallest absolute Gasteiger partial charge is 0.0917 e. The van der Waals surface area contributed by atoms with Gasteiger partial charge >= 0.3 is 0 Å². The maximum absolute atomic E-state index is 6.09. The first kappa shape index (κ1) is 14.0. The van der Waals surface area contributed by atoms with Gasteiger partial charge in [-0.2, -0.15) is 0 Å². The molecule has 0 radical (unpaired) electrons. The van der Waals surface area contributed by atoms with Gasteiger partial charge in [-0.15, -0.1) is 0 Å². The molecule has 16 heavy (non-hydrogen) atoms. The third-order valence-corrected chi connectivity index (χ3v) is 3.31. The summed E-state index contributed by atoms with van der Waals surface area (Å²) in [4.78, 5) is 0. The second kappa shape index (κ2) is 7.28. The Hall–Kier alpha value is -0.0900. The molecule has 2 heteroatoms. The Morgan fingerprint density at radius 2 is 1.75 bits per heavy atom. The summed E-state index contributed by atoms with van der Waals surface area (Å²) in [6, 6.07) is 10.5. The molecule has 0 aromatic heterocycles. The molecule has 0 aliphatic rings. The van der Waals surface area contributed by atoms with Crippen molar-refractivity contribution < 1.29 is 4.74 Å². The van der Waals surface area contributed by atoms with E-state index in [1.807, 2.05) is 6.07 Å². The van der Waals surface area contributed by atoms with Crippen LogP contribution >= 0.6 is 22.6 Å². The van der Waals surface area contributed by atoms with Crippen LogP contribution < -0.4 is 0 Å². The van der Waals surface area contributed by atoms with E-state index in [0.29, 0.717) is 12.0 Å². The largest absolute Gasteiger partial charge is 0.370 e. The van der Waals surface area contributed by atoms with Crippen LogP contribution in [0.25, 0.3) is 0 Å². The van der Waals surface area contributed by atoms with Crippen molar-refractivity contribution in [2.45, 2.75) is 39.4 Å². The molecule has 0 aliphatic heterocycles. The molecule has 0 fully saturated rings. The number of hydrogen-bond donors (Lipinski definition) is 0. The number of benzene rings is 1. The second-order valence-electron chi connectivity index (χ2n) is 4.63. The van der Waals surface area contributed by atoms with Gasteiger partial charge in [-0.3, -0.25) is 0 Å². The Labute approximate surface area is 113 Å². The van der Waals surface area contributed by atoms with Crippen LogP contribution in [0.5, 0.6) is 0 Å². The van der Waals surface area contributed by atoms with Crippen LogP contribution in [-0.2, 0) is 4.74 Å². The number of halogens is 1. The zero-order valence-corrected chi connectivity index (χ0v) is 12.5. The predicted octanol–water partition coefficient (Wildman–Crippen LogP) is 4.61. The van der Waals surface area contributed by atoms with E-state index >= 15 is 0 Å². The van der Waals surface area contributed by atoms with Crippen molar-refractivity contribution in [3.05, 3.63) is 35.9 Å². The Morgan fingerprint density at radius 1 is 1.12 bits per heavy atom. The van der Waals surface area contributed by atoms with E-state index < -0.39 is 0 Å². The maximum atomic E-state index is 6.09. The highest BCUT2D eigenvalue weighted by Crippen LogP contribution is 2.23. The predicted molar refractivity (Wildman–Crippen MR) is 78.1 cm³/mol. The zero-order valence-electron chi connectivity index (χ0n) is 10.3. The minimum atomic E-state index is 0.232. The fourth-order valence-corrected chi connectivity index (χ4v) is 2.59. The molecule has 2 atom stereocenters. The topological polar surface area (TPSA) is 9.23 Å². The molecule has 1 nitrogen and oxygen atoms in total. The van der Waals surface area contributed by atoms with Crippen molar-refractivity contribution in [3.63, 3.8) is 0 Å². The molecule has 0 spiro atoms. The van der Waals surface area contributed by atoms with Crippen LogP contribution in [0.2, 0.25) is 0 Å². The molecule has 2 unspecified atom stereocenters. The first-order valence-electron chi connectivity index (χ1n) is 5.89. The van der Waals surface area contributed by atoms with Crippen molar-refractivity contribution in [1.29, 1.82) is 0 Å². The molecule has 0 saturated heterocycles. The van der Waals surface area contributed by atoms with E-state index in [-0.39, 0.29) is 6.10 Å². The monoisotopic (exact) mass is 332 g/mol. The average Bonchev–Trinajstić information content (AvgIpc) is 2.26. The van der Waals surface area contributed by atoms with E-state index in [4.69, 9.17) is 4.74 Å². The van der Waals surface area contributed by atoms with Crippen LogP contribution in [0.15, 0.2) is 30.3 Å². The van der Waals surface area contributed by atoms with Crippen molar-refractivity contribution in [1.82, 2.24) is 0 Å². The van der Waals surface area contributed by atoms with E-state index in [2.05, 4.69) is 67.6 Å². The van der Waals surface area contributed by atoms with Gasteiger partial charge in [0.25, 0.3) is 0 Å². The van der Waals surface area contributed by atoms with Crippen LogP contribution in [-0.4, -0.2) is 10.5 Å². The summed E-state index contributed by atoms with van der Waals surface area (Å²) < 4.78 is 7.09. The van der Waals surface area contributed by atoms with E-state index in [0.717, 1.165) is 10.8 Å². The number of ether oxygens (including phenoxy) is 1. The first-order chi connectivity index (χ1) is 7.63. The van der Waals surface area contributed by atoms with Gasteiger partial charge < -0.3 is 4.74 Å². The molecular formula is C14H21IO.